The van der Waals surface area contributed by atoms with Crippen LogP contribution in [0, 0.1) is 6.92 Å². The van der Waals surface area contributed by atoms with Crippen LogP contribution in [0.4, 0.5) is 5.69 Å². The lowest BCUT2D eigenvalue weighted by Crippen LogP contribution is -2.25. The lowest BCUT2D eigenvalue weighted by atomic mass is 10.2. The van der Waals surface area contributed by atoms with Gasteiger partial charge in [-0.1, -0.05) is 0 Å². The smallest absolute Gasteiger partial charge is 0.255 e. The molecule has 0 atom stereocenters. The molecule has 1 aliphatic carbocycles. The van der Waals surface area contributed by atoms with Crippen LogP contribution in [0.3, 0.4) is 0 Å². The summed E-state index contributed by atoms with van der Waals surface area (Å²) in [5.41, 5.74) is 1.92. The third-order valence-electron chi connectivity index (χ3n) is 3.61. The molecule has 0 saturated heterocycles. The van der Waals surface area contributed by atoms with Crippen molar-refractivity contribution < 1.29 is 13.2 Å². The van der Waals surface area contributed by atoms with Crippen LogP contribution in [0.25, 0.3) is 0 Å². The molecule has 120 valence electrons. The minimum Gasteiger partial charge on any atom is -0.320 e. The van der Waals surface area contributed by atoms with E-state index in [1.165, 1.54) is 24.3 Å². The first-order valence-corrected chi connectivity index (χ1v) is 8.78. The standard InChI is InChI=1S/C16H17N3O3S/c1-11-8-9-17-10-15(11)18-16(20)12-2-6-14(7-3-12)23(21,22)19-13-4-5-13/h2-3,6-10,13,19H,4-5H2,1H3,(H,18,20). The zero-order valence-electron chi connectivity index (χ0n) is 12.6. The molecule has 0 aliphatic heterocycles. The predicted octanol–water partition coefficient (Wildman–Crippen LogP) is 2.08. The summed E-state index contributed by atoms with van der Waals surface area (Å²) in [5, 5.41) is 2.76. The van der Waals surface area contributed by atoms with Crippen LogP contribution in [0.1, 0.15) is 28.8 Å². The third-order valence-corrected chi connectivity index (χ3v) is 5.15. The van der Waals surface area contributed by atoms with Crippen LogP contribution >= 0.6 is 0 Å². The van der Waals surface area contributed by atoms with Crippen molar-refractivity contribution in [2.24, 2.45) is 0 Å². The second-order valence-electron chi connectivity index (χ2n) is 5.56. The average Bonchev–Trinajstić information content (AvgIpc) is 3.33. The molecule has 1 fully saturated rings. The zero-order chi connectivity index (χ0) is 16.4. The van der Waals surface area contributed by atoms with E-state index in [1.807, 2.05) is 6.92 Å². The van der Waals surface area contributed by atoms with Gasteiger partial charge in [0.2, 0.25) is 10.0 Å². The van der Waals surface area contributed by atoms with Gasteiger partial charge in [-0.15, -0.1) is 0 Å². The number of aryl methyl sites for hydroxylation is 1. The number of nitrogens with zero attached hydrogens (tertiary/aromatic N) is 1. The molecule has 2 N–H and O–H groups in total. The molecule has 1 amide bonds. The number of nitrogens with one attached hydrogen (secondary N) is 2. The molecule has 6 nitrogen and oxygen atoms in total. The maximum Gasteiger partial charge on any atom is 0.255 e. The largest absolute Gasteiger partial charge is 0.320 e. The number of sulfonamides is 1. The molecule has 1 heterocycles. The summed E-state index contributed by atoms with van der Waals surface area (Å²) in [5.74, 6) is -0.305. The normalized spacial score (nSPS) is 14.5. The van der Waals surface area contributed by atoms with Crippen LogP contribution in [0.15, 0.2) is 47.6 Å². The summed E-state index contributed by atoms with van der Waals surface area (Å²) < 4.78 is 26.8. The SMILES string of the molecule is Cc1ccncc1NC(=O)c1ccc(S(=O)(=O)NC2CC2)cc1. The lowest BCUT2D eigenvalue weighted by molar-refractivity contribution is 0.102. The molecule has 7 heteroatoms. The van der Waals surface area contributed by atoms with Crippen molar-refractivity contribution in [2.45, 2.75) is 30.7 Å². The molecular weight excluding hydrogens is 314 g/mol. The van der Waals surface area contributed by atoms with E-state index in [-0.39, 0.29) is 16.8 Å². The van der Waals surface area contributed by atoms with Crippen molar-refractivity contribution in [3.05, 3.63) is 53.9 Å². The average molecular weight is 331 g/mol. The number of pyridine rings is 1. The summed E-state index contributed by atoms with van der Waals surface area (Å²) >= 11 is 0. The minimum absolute atomic E-state index is 0.0523. The second kappa shape index (κ2) is 6.10. The Morgan fingerprint density at radius 3 is 2.48 bits per heavy atom. The molecule has 2 aromatic rings. The Kier molecular flexibility index (Phi) is 4.14. The lowest BCUT2D eigenvalue weighted by Gasteiger charge is -2.09. The van der Waals surface area contributed by atoms with E-state index in [4.69, 9.17) is 0 Å². The van der Waals surface area contributed by atoms with Crippen molar-refractivity contribution in [1.82, 2.24) is 9.71 Å². The fourth-order valence-electron chi connectivity index (χ4n) is 2.06. The first kappa shape index (κ1) is 15.6. The molecule has 0 bridgehead atoms. The van der Waals surface area contributed by atoms with Gasteiger partial charge in [0.25, 0.3) is 5.91 Å². The highest BCUT2D eigenvalue weighted by Crippen LogP contribution is 2.22. The van der Waals surface area contributed by atoms with Crippen LogP contribution in [-0.4, -0.2) is 25.4 Å². The number of carbonyl (C=O) groups is 1. The molecule has 0 unspecified atom stereocenters. The van der Waals surface area contributed by atoms with Gasteiger partial charge in [-0.25, -0.2) is 13.1 Å². The van der Waals surface area contributed by atoms with Crippen molar-refractivity contribution in [1.29, 1.82) is 0 Å². The topological polar surface area (TPSA) is 88.2 Å². The third kappa shape index (κ3) is 3.75. The van der Waals surface area contributed by atoms with Gasteiger partial charge in [-0.2, -0.15) is 0 Å². The van der Waals surface area contributed by atoms with E-state index in [1.54, 1.807) is 18.5 Å². The van der Waals surface area contributed by atoms with E-state index in [9.17, 15) is 13.2 Å². The van der Waals surface area contributed by atoms with Crippen LogP contribution in [0.5, 0.6) is 0 Å². The Hall–Kier alpha value is -2.25. The molecule has 0 radical (unpaired) electrons. The zero-order valence-corrected chi connectivity index (χ0v) is 13.4. The fraction of sp³-hybridized carbons (Fsp3) is 0.250. The summed E-state index contributed by atoms with van der Waals surface area (Å²) in [7, 11) is -3.50. The monoisotopic (exact) mass is 331 g/mol. The first-order chi connectivity index (χ1) is 11.0. The second-order valence-corrected chi connectivity index (χ2v) is 7.28. The summed E-state index contributed by atoms with van der Waals surface area (Å²) in [6.07, 6.45) is 4.98. The minimum atomic E-state index is -3.50. The Bertz CT molecular complexity index is 828. The van der Waals surface area contributed by atoms with Crippen LogP contribution in [0.2, 0.25) is 0 Å². The number of benzene rings is 1. The van der Waals surface area contributed by atoms with Crippen molar-refractivity contribution in [3.63, 3.8) is 0 Å². The molecule has 1 aromatic carbocycles. The van der Waals surface area contributed by atoms with Crippen LogP contribution < -0.4 is 10.0 Å². The first-order valence-electron chi connectivity index (χ1n) is 7.30. The highest BCUT2D eigenvalue weighted by molar-refractivity contribution is 7.89. The molecule has 3 rings (SSSR count). The highest BCUT2D eigenvalue weighted by Gasteiger charge is 2.27. The molecule has 1 aliphatic rings. The molecule has 0 spiro atoms. The van der Waals surface area contributed by atoms with Gasteiger partial charge in [-0.3, -0.25) is 9.78 Å². The number of anilines is 1. The number of aromatic nitrogens is 1. The van der Waals surface area contributed by atoms with Gasteiger partial charge in [0.15, 0.2) is 0 Å². The van der Waals surface area contributed by atoms with Gasteiger partial charge in [0.05, 0.1) is 16.8 Å². The maximum atomic E-state index is 12.2. The van der Waals surface area contributed by atoms with Crippen molar-refractivity contribution in [2.75, 3.05) is 5.32 Å². The van der Waals surface area contributed by atoms with Gasteiger partial charge in [0, 0.05) is 17.8 Å². The molecular formula is C16H17N3O3S. The van der Waals surface area contributed by atoms with E-state index >= 15 is 0 Å². The van der Waals surface area contributed by atoms with E-state index in [2.05, 4.69) is 15.0 Å². The number of amides is 1. The van der Waals surface area contributed by atoms with Crippen LogP contribution in [-0.2, 0) is 10.0 Å². The summed E-state index contributed by atoms with van der Waals surface area (Å²) in [6.45, 7) is 1.87. The quantitative estimate of drug-likeness (QED) is 0.878. The Morgan fingerprint density at radius 2 is 1.87 bits per heavy atom. The van der Waals surface area contributed by atoms with Gasteiger partial charge in [-0.05, 0) is 55.7 Å². The predicted molar refractivity (Wildman–Crippen MR) is 86.7 cm³/mol. The molecule has 23 heavy (non-hydrogen) atoms. The summed E-state index contributed by atoms with van der Waals surface area (Å²) in [4.78, 5) is 16.3. The van der Waals surface area contributed by atoms with E-state index in [0.717, 1.165) is 18.4 Å². The highest BCUT2D eigenvalue weighted by atomic mass is 32.2. The summed E-state index contributed by atoms with van der Waals surface area (Å²) in [6, 6.07) is 7.74. The van der Waals surface area contributed by atoms with Gasteiger partial charge >= 0.3 is 0 Å². The van der Waals surface area contributed by atoms with Gasteiger partial charge < -0.3 is 5.32 Å². The van der Waals surface area contributed by atoms with E-state index in [0.29, 0.717) is 11.3 Å². The number of carbonyl (C=O) groups excluding carboxylic acids is 1. The number of hydrogen-bond acceptors (Lipinski definition) is 4. The van der Waals surface area contributed by atoms with E-state index < -0.39 is 10.0 Å². The maximum absolute atomic E-state index is 12.2. The van der Waals surface area contributed by atoms with Gasteiger partial charge in [0.1, 0.15) is 0 Å². The van der Waals surface area contributed by atoms with Crippen molar-refractivity contribution in [3.8, 4) is 0 Å². The Balaban J connectivity index is 1.74. The number of hydrogen-bond donors (Lipinski definition) is 2. The number of rotatable bonds is 5. The Morgan fingerprint density at radius 1 is 1.17 bits per heavy atom. The molecule has 1 aromatic heterocycles. The van der Waals surface area contributed by atoms with Crippen molar-refractivity contribution >= 4 is 21.6 Å². The molecule has 1 saturated carbocycles. The fourth-order valence-corrected chi connectivity index (χ4v) is 3.37. The Labute approximate surface area is 135 Å².